The monoisotopic (exact) mass is 480 g/mol. The van der Waals surface area contributed by atoms with Gasteiger partial charge in [-0.05, 0) is 24.6 Å². The number of hydrogen-bond acceptors (Lipinski definition) is 9. The summed E-state index contributed by atoms with van der Waals surface area (Å²) in [7, 11) is 0. The van der Waals surface area contributed by atoms with Crippen LogP contribution in [0, 0.1) is 18.3 Å². The highest BCUT2D eigenvalue weighted by Gasteiger charge is 2.20. The Morgan fingerprint density at radius 3 is 2.75 bits per heavy atom. The summed E-state index contributed by atoms with van der Waals surface area (Å²) >= 11 is 0. The highest BCUT2D eigenvalue weighted by atomic mass is 16.5. The third-order valence-corrected chi connectivity index (χ3v) is 5.82. The lowest BCUT2D eigenvalue weighted by molar-refractivity contribution is 0.0973. The van der Waals surface area contributed by atoms with Crippen molar-refractivity contribution < 1.29 is 9.53 Å². The number of nitrogens with one attached hydrogen (secondary N) is 1. The summed E-state index contributed by atoms with van der Waals surface area (Å²) in [6.07, 6.45) is 3.31. The highest BCUT2D eigenvalue weighted by molar-refractivity contribution is 5.97. The zero-order chi connectivity index (χ0) is 24.9. The smallest absolute Gasteiger partial charge is 0.229 e. The van der Waals surface area contributed by atoms with Gasteiger partial charge >= 0.3 is 0 Å². The number of hydrogen-bond donors (Lipinski definition) is 1. The van der Waals surface area contributed by atoms with Gasteiger partial charge in [-0.1, -0.05) is 42.0 Å². The molecule has 0 radical (unpaired) electrons. The number of carbonyl (C=O) groups is 1. The molecule has 0 amide bonds. The molecule has 3 heterocycles. The van der Waals surface area contributed by atoms with Crippen LogP contribution in [0.4, 0.5) is 11.8 Å². The Morgan fingerprint density at radius 1 is 1.19 bits per heavy atom. The SMILES string of the molecule is Cc1cccc(/C=N/Nc2nc(N3CCOCC3)nc3c2ncn3CC(=O)c2ccc(C#N)cc2)c1. The molecule has 1 saturated heterocycles. The number of aryl methyl sites for hydroxylation is 1. The molecule has 0 spiro atoms. The summed E-state index contributed by atoms with van der Waals surface area (Å²) < 4.78 is 7.18. The van der Waals surface area contributed by atoms with Crippen LogP contribution in [0.15, 0.2) is 60.0 Å². The number of nitrogens with zero attached hydrogens (tertiary/aromatic N) is 7. The van der Waals surface area contributed by atoms with Crippen LogP contribution < -0.4 is 10.3 Å². The third kappa shape index (κ3) is 5.06. The molecular weight excluding hydrogens is 456 g/mol. The van der Waals surface area contributed by atoms with Crippen molar-refractivity contribution in [1.82, 2.24) is 19.5 Å². The van der Waals surface area contributed by atoms with Gasteiger partial charge in [-0.15, -0.1) is 0 Å². The zero-order valence-corrected chi connectivity index (χ0v) is 19.8. The fraction of sp³-hybridized carbons (Fsp3) is 0.231. The number of nitriles is 1. The minimum atomic E-state index is -0.114. The van der Waals surface area contributed by atoms with Crippen LogP contribution in [0.2, 0.25) is 0 Å². The fourth-order valence-corrected chi connectivity index (χ4v) is 3.93. The molecule has 10 nitrogen and oxygen atoms in total. The first-order chi connectivity index (χ1) is 17.6. The topological polar surface area (TPSA) is 121 Å². The van der Waals surface area contributed by atoms with Crippen molar-refractivity contribution in [3.63, 3.8) is 0 Å². The number of anilines is 2. The van der Waals surface area contributed by atoms with Gasteiger partial charge < -0.3 is 14.2 Å². The lowest BCUT2D eigenvalue weighted by Gasteiger charge is -2.27. The van der Waals surface area contributed by atoms with E-state index in [1.807, 2.05) is 36.1 Å². The number of fused-ring (bicyclic) bond motifs is 1. The minimum absolute atomic E-state index is 0.0496. The van der Waals surface area contributed by atoms with Crippen LogP contribution in [-0.4, -0.2) is 57.8 Å². The van der Waals surface area contributed by atoms with Gasteiger partial charge in [-0.2, -0.15) is 20.3 Å². The average molecular weight is 481 g/mol. The van der Waals surface area contributed by atoms with Crippen molar-refractivity contribution in [3.8, 4) is 6.07 Å². The number of carbonyl (C=O) groups excluding carboxylic acids is 1. The second kappa shape index (κ2) is 10.3. The van der Waals surface area contributed by atoms with Crippen LogP contribution in [-0.2, 0) is 11.3 Å². The summed E-state index contributed by atoms with van der Waals surface area (Å²) in [6.45, 7) is 4.58. The molecule has 1 fully saturated rings. The first-order valence-electron chi connectivity index (χ1n) is 11.6. The largest absolute Gasteiger partial charge is 0.378 e. The molecule has 0 aliphatic carbocycles. The number of aromatic nitrogens is 4. The molecule has 10 heteroatoms. The molecule has 5 rings (SSSR count). The standard InChI is InChI=1S/C26H24N8O2/c1-18-3-2-4-20(13-18)15-29-32-24-23-25(31-26(30-24)33-9-11-36-12-10-33)34(17-28-23)16-22(35)21-7-5-19(14-27)6-8-21/h2-8,13,15,17H,9-12,16H2,1H3,(H,30,31,32)/b29-15+. The number of rotatable bonds is 7. The van der Waals surface area contributed by atoms with Gasteiger partial charge in [0, 0.05) is 18.7 Å². The van der Waals surface area contributed by atoms with Gasteiger partial charge in [0.1, 0.15) is 0 Å². The lowest BCUT2D eigenvalue weighted by Crippen LogP contribution is -2.37. The van der Waals surface area contributed by atoms with Gasteiger partial charge in [0.25, 0.3) is 0 Å². The molecule has 0 unspecified atom stereocenters. The number of benzene rings is 2. The number of ketones is 1. The van der Waals surface area contributed by atoms with Crippen molar-refractivity contribution in [2.75, 3.05) is 36.6 Å². The molecule has 2 aromatic heterocycles. The molecule has 2 aromatic carbocycles. The van der Waals surface area contributed by atoms with E-state index in [0.717, 1.165) is 11.1 Å². The van der Waals surface area contributed by atoms with Crippen molar-refractivity contribution in [3.05, 3.63) is 77.1 Å². The number of hydrazone groups is 1. The molecule has 0 saturated carbocycles. The number of ether oxygens (including phenoxy) is 1. The normalized spacial score (nSPS) is 13.7. The molecule has 36 heavy (non-hydrogen) atoms. The van der Waals surface area contributed by atoms with Crippen molar-refractivity contribution in [2.45, 2.75) is 13.5 Å². The predicted molar refractivity (Wildman–Crippen MR) is 136 cm³/mol. The Hall–Kier alpha value is -4.62. The fourth-order valence-electron chi connectivity index (χ4n) is 3.93. The van der Waals surface area contributed by atoms with E-state index in [2.05, 4.69) is 26.6 Å². The molecular formula is C26H24N8O2. The molecule has 0 atom stereocenters. The van der Waals surface area contributed by atoms with Crippen LogP contribution >= 0.6 is 0 Å². The summed E-state index contributed by atoms with van der Waals surface area (Å²) in [5, 5.41) is 13.4. The molecule has 180 valence electrons. The second-order valence-electron chi connectivity index (χ2n) is 8.41. The van der Waals surface area contributed by atoms with Gasteiger partial charge in [0.05, 0.1) is 43.9 Å². The van der Waals surface area contributed by atoms with E-state index in [1.54, 1.807) is 41.4 Å². The zero-order valence-electron chi connectivity index (χ0n) is 19.8. The Kier molecular flexibility index (Phi) is 6.64. The molecule has 1 aliphatic rings. The van der Waals surface area contributed by atoms with E-state index < -0.39 is 0 Å². The first kappa shape index (κ1) is 23.1. The molecule has 4 aromatic rings. The maximum Gasteiger partial charge on any atom is 0.229 e. The Bertz CT molecular complexity index is 1460. The first-order valence-corrected chi connectivity index (χ1v) is 11.6. The average Bonchev–Trinajstić information content (AvgIpc) is 3.32. The summed E-state index contributed by atoms with van der Waals surface area (Å²) in [6, 6.07) is 16.6. The number of Topliss-reactive ketones (excluding diaryl/α,β-unsaturated/α-hetero) is 1. The number of imidazole rings is 1. The van der Waals surface area contributed by atoms with Crippen LogP contribution in [0.25, 0.3) is 11.2 Å². The summed E-state index contributed by atoms with van der Waals surface area (Å²) in [5.41, 5.74) is 7.18. The van der Waals surface area contributed by atoms with E-state index in [-0.39, 0.29) is 12.3 Å². The van der Waals surface area contributed by atoms with Crippen molar-refractivity contribution >= 4 is 34.9 Å². The van der Waals surface area contributed by atoms with Crippen molar-refractivity contribution in [2.24, 2.45) is 5.10 Å². The van der Waals surface area contributed by atoms with Gasteiger partial charge in [-0.25, -0.2) is 4.98 Å². The predicted octanol–water partition coefficient (Wildman–Crippen LogP) is 3.17. The van der Waals surface area contributed by atoms with Gasteiger partial charge in [0.2, 0.25) is 5.95 Å². The van der Waals surface area contributed by atoms with Crippen LogP contribution in [0.1, 0.15) is 27.0 Å². The van der Waals surface area contributed by atoms with Crippen LogP contribution in [0.5, 0.6) is 0 Å². The van der Waals surface area contributed by atoms with Crippen LogP contribution in [0.3, 0.4) is 0 Å². The van der Waals surface area contributed by atoms with E-state index >= 15 is 0 Å². The quantitative estimate of drug-likeness (QED) is 0.243. The van der Waals surface area contributed by atoms with E-state index in [0.29, 0.717) is 60.4 Å². The minimum Gasteiger partial charge on any atom is -0.378 e. The maximum atomic E-state index is 12.9. The Morgan fingerprint density at radius 2 is 2.00 bits per heavy atom. The summed E-state index contributed by atoms with van der Waals surface area (Å²) in [4.78, 5) is 28.9. The van der Waals surface area contributed by atoms with Gasteiger partial charge in [-0.3, -0.25) is 10.2 Å². The van der Waals surface area contributed by atoms with E-state index in [9.17, 15) is 4.79 Å². The highest BCUT2D eigenvalue weighted by Crippen LogP contribution is 2.24. The second-order valence-corrected chi connectivity index (χ2v) is 8.41. The number of morpholine rings is 1. The Balaban J connectivity index is 1.46. The van der Waals surface area contributed by atoms with Crippen molar-refractivity contribution in [1.29, 1.82) is 5.26 Å². The lowest BCUT2D eigenvalue weighted by atomic mass is 10.1. The van der Waals surface area contributed by atoms with E-state index in [1.165, 1.54) is 0 Å². The van der Waals surface area contributed by atoms with Gasteiger partial charge in [0.15, 0.2) is 22.8 Å². The maximum absolute atomic E-state index is 12.9. The Labute approximate surface area is 207 Å². The summed E-state index contributed by atoms with van der Waals surface area (Å²) in [5.74, 6) is 0.860. The van der Waals surface area contributed by atoms with E-state index in [4.69, 9.17) is 15.0 Å². The molecule has 1 N–H and O–H groups in total. The molecule has 0 bridgehead atoms. The molecule has 1 aliphatic heterocycles. The third-order valence-electron chi connectivity index (χ3n) is 5.82.